The first-order valence-corrected chi connectivity index (χ1v) is 7.97. The molecule has 3 unspecified atom stereocenters. The van der Waals surface area contributed by atoms with E-state index in [0.717, 1.165) is 24.2 Å². The smallest absolute Gasteiger partial charge is 0.0120 e. The zero-order valence-corrected chi connectivity index (χ0v) is 13.8. The first kappa shape index (κ1) is 16.6. The molecule has 0 aromatic carbocycles. The summed E-state index contributed by atoms with van der Waals surface area (Å²) >= 11 is 0. The van der Waals surface area contributed by atoms with E-state index in [9.17, 15) is 0 Å². The van der Waals surface area contributed by atoms with Gasteiger partial charge in [0.05, 0.1) is 0 Å². The highest BCUT2D eigenvalue weighted by Gasteiger charge is 2.35. The number of hydrogen-bond acceptors (Lipinski definition) is 1. The van der Waals surface area contributed by atoms with Crippen LogP contribution in [0, 0.1) is 35.0 Å². The van der Waals surface area contributed by atoms with Gasteiger partial charge in [-0.15, -0.1) is 11.8 Å². The molecule has 0 aromatic heterocycles. The molecule has 3 atom stereocenters. The van der Waals surface area contributed by atoms with E-state index in [0.29, 0.717) is 11.5 Å². The molecule has 0 aromatic rings. The Morgan fingerprint density at radius 1 is 1.16 bits per heavy atom. The van der Waals surface area contributed by atoms with Crippen LogP contribution in [0.4, 0.5) is 0 Å². The van der Waals surface area contributed by atoms with E-state index in [2.05, 4.69) is 51.8 Å². The van der Waals surface area contributed by atoms with E-state index in [4.69, 9.17) is 0 Å². The largest absolute Gasteiger partial charge is 0.314 e. The zero-order valence-electron chi connectivity index (χ0n) is 13.8. The molecule has 0 saturated heterocycles. The van der Waals surface area contributed by atoms with Crippen molar-refractivity contribution in [1.29, 1.82) is 0 Å². The maximum atomic E-state index is 3.63. The van der Waals surface area contributed by atoms with Gasteiger partial charge in [0.2, 0.25) is 0 Å². The van der Waals surface area contributed by atoms with Gasteiger partial charge in [0, 0.05) is 12.5 Å². The van der Waals surface area contributed by atoms with Gasteiger partial charge >= 0.3 is 0 Å². The molecule has 0 spiro atoms. The summed E-state index contributed by atoms with van der Waals surface area (Å²) in [6.45, 7) is 14.8. The molecule has 19 heavy (non-hydrogen) atoms. The second-order valence-electron chi connectivity index (χ2n) is 7.59. The van der Waals surface area contributed by atoms with Gasteiger partial charge in [-0.2, -0.15) is 0 Å². The quantitative estimate of drug-likeness (QED) is 0.738. The molecule has 1 nitrogen and oxygen atoms in total. The standard InChI is InChI=1S/C18H33N/c1-7-8-9-15-12-17(18(4,5)6)11-10-16(15)13-19-14(2)3/h14-17,19H,9-13H2,1-6H3. The van der Waals surface area contributed by atoms with E-state index in [1.54, 1.807) is 0 Å². The van der Waals surface area contributed by atoms with Crippen LogP contribution >= 0.6 is 0 Å². The maximum absolute atomic E-state index is 3.63. The highest BCUT2D eigenvalue weighted by molar-refractivity contribution is 4.99. The Bertz CT molecular complexity index is 313. The average molecular weight is 263 g/mol. The van der Waals surface area contributed by atoms with Crippen molar-refractivity contribution in [3.8, 4) is 11.8 Å². The molecule has 1 rings (SSSR count). The van der Waals surface area contributed by atoms with E-state index in [-0.39, 0.29) is 0 Å². The summed E-state index contributed by atoms with van der Waals surface area (Å²) in [4.78, 5) is 0. The van der Waals surface area contributed by atoms with Crippen molar-refractivity contribution < 1.29 is 0 Å². The van der Waals surface area contributed by atoms with Gasteiger partial charge in [0.1, 0.15) is 0 Å². The van der Waals surface area contributed by atoms with Crippen molar-refractivity contribution in [3.05, 3.63) is 0 Å². The molecule has 0 aliphatic heterocycles. The van der Waals surface area contributed by atoms with Gasteiger partial charge in [-0.05, 0) is 55.9 Å². The van der Waals surface area contributed by atoms with Gasteiger partial charge in [-0.25, -0.2) is 0 Å². The van der Waals surface area contributed by atoms with Crippen molar-refractivity contribution in [3.63, 3.8) is 0 Å². The summed E-state index contributed by atoms with van der Waals surface area (Å²) in [7, 11) is 0. The fourth-order valence-electron chi connectivity index (χ4n) is 3.25. The fraction of sp³-hybridized carbons (Fsp3) is 0.889. The number of hydrogen-bond donors (Lipinski definition) is 1. The van der Waals surface area contributed by atoms with Crippen LogP contribution < -0.4 is 5.32 Å². The lowest BCUT2D eigenvalue weighted by atomic mass is 9.65. The zero-order chi connectivity index (χ0) is 14.5. The Labute approximate surface area is 120 Å². The Hall–Kier alpha value is -0.480. The van der Waals surface area contributed by atoms with Crippen LogP contribution in [-0.2, 0) is 0 Å². The van der Waals surface area contributed by atoms with Crippen molar-refractivity contribution in [1.82, 2.24) is 5.32 Å². The van der Waals surface area contributed by atoms with E-state index in [1.165, 1.54) is 25.8 Å². The lowest BCUT2D eigenvalue weighted by Gasteiger charge is -2.41. The van der Waals surface area contributed by atoms with Gasteiger partial charge in [0.15, 0.2) is 0 Å². The summed E-state index contributed by atoms with van der Waals surface area (Å²) in [5, 5.41) is 3.63. The first-order chi connectivity index (χ1) is 8.84. The molecular weight excluding hydrogens is 230 g/mol. The second kappa shape index (κ2) is 7.34. The van der Waals surface area contributed by atoms with Gasteiger partial charge in [-0.1, -0.05) is 34.6 Å². The lowest BCUT2D eigenvalue weighted by molar-refractivity contribution is 0.0985. The average Bonchev–Trinajstić information content (AvgIpc) is 2.32. The molecule has 1 aliphatic carbocycles. The molecule has 110 valence electrons. The minimum Gasteiger partial charge on any atom is -0.314 e. The molecule has 1 fully saturated rings. The molecule has 0 bridgehead atoms. The minimum absolute atomic E-state index is 0.453. The first-order valence-electron chi connectivity index (χ1n) is 7.97. The van der Waals surface area contributed by atoms with Gasteiger partial charge in [-0.3, -0.25) is 0 Å². The third kappa shape index (κ3) is 5.57. The molecule has 0 radical (unpaired) electrons. The van der Waals surface area contributed by atoms with E-state index < -0.39 is 0 Å². The van der Waals surface area contributed by atoms with Crippen LogP contribution in [0.2, 0.25) is 0 Å². The number of nitrogens with one attached hydrogen (secondary N) is 1. The molecule has 0 amide bonds. The topological polar surface area (TPSA) is 12.0 Å². The van der Waals surface area contributed by atoms with Crippen molar-refractivity contribution >= 4 is 0 Å². The third-order valence-electron chi connectivity index (χ3n) is 4.69. The lowest BCUT2D eigenvalue weighted by Crippen LogP contribution is -2.38. The second-order valence-corrected chi connectivity index (χ2v) is 7.59. The summed E-state index contributed by atoms with van der Waals surface area (Å²) in [5.41, 5.74) is 0.453. The van der Waals surface area contributed by atoms with Crippen LogP contribution in [0.5, 0.6) is 0 Å². The molecular formula is C18H33N. The van der Waals surface area contributed by atoms with Gasteiger partial charge < -0.3 is 5.32 Å². The Kier molecular flexibility index (Phi) is 6.40. The Morgan fingerprint density at radius 3 is 2.37 bits per heavy atom. The van der Waals surface area contributed by atoms with Gasteiger partial charge in [0.25, 0.3) is 0 Å². The molecule has 1 aliphatic rings. The van der Waals surface area contributed by atoms with Crippen molar-refractivity contribution in [2.75, 3.05) is 6.54 Å². The van der Waals surface area contributed by atoms with E-state index in [1.807, 2.05) is 6.92 Å². The Morgan fingerprint density at radius 2 is 1.84 bits per heavy atom. The van der Waals surface area contributed by atoms with Crippen LogP contribution in [0.1, 0.15) is 67.2 Å². The predicted molar refractivity (Wildman–Crippen MR) is 85.0 cm³/mol. The summed E-state index contributed by atoms with van der Waals surface area (Å²) in [6, 6.07) is 0.596. The van der Waals surface area contributed by atoms with Crippen molar-refractivity contribution in [2.24, 2.45) is 23.2 Å². The van der Waals surface area contributed by atoms with Crippen molar-refractivity contribution in [2.45, 2.75) is 73.3 Å². The summed E-state index contributed by atoms with van der Waals surface area (Å²) in [6.07, 6.45) is 5.22. The molecule has 1 heteroatoms. The number of rotatable bonds is 4. The molecule has 1 saturated carbocycles. The summed E-state index contributed by atoms with van der Waals surface area (Å²) in [5.74, 6) is 8.89. The van der Waals surface area contributed by atoms with Crippen LogP contribution in [0.25, 0.3) is 0 Å². The SMILES string of the molecule is CC#CCC1CC(C(C)(C)C)CCC1CNC(C)C. The van der Waals surface area contributed by atoms with Crippen LogP contribution in [0.15, 0.2) is 0 Å². The molecule has 1 N–H and O–H groups in total. The minimum atomic E-state index is 0.453. The highest BCUT2D eigenvalue weighted by atomic mass is 14.9. The monoisotopic (exact) mass is 263 g/mol. The predicted octanol–water partition coefficient (Wildman–Crippen LogP) is 4.48. The fourth-order valence-corrected chi connectivity index (χ4v) is 3.25. The van der Waals surface area contributed by atoms with Crippen LogP contribution in [-0.4, -0.2) is 12.6 Å². The maximum Gasteiger partial charge on any atom is 0.0120 e. The Balaban J connectivity index is 2.63. The molecule has 0 heterocycles. The summed E-state index contributed by atoms with van der Waals surface area (Å²) < 4.78 is 0. The normalized spacial score (nSPS) is 28.1. The highest BCUT2D eigenvalue weighted by Crippen LogP contribution is 2.43. The van der Waals surface area contributed by atoms with Crippen LogP contribution in [0.3, 0.4) is 0 Å². The third-order valence-corrected chi connectivity index (χ3v) is 4.69. The van der Waals surface area contributed by atoms with E-state index >= 15 is 0 Å².